The van der Waals surface area contributed by atoms with Gasteiger partial charge in [0.1, 0.15) is 11.3 Å². The van der Waals surface area contributed by atoms with E-state index in [2.05, 4.69) is 36.4 Å². The number of nitriles is 1. The molecule has 0 radical (unpaired) electrons. The van der Waals surface area contributed by atoms with Crippen molar-refractivity contribution in [2.45, 2.75) is 46.1 Å². The van der Waals surface area contributed by atoms with E-state index in [0.717, 1.165) is 47.4 Å². The maximum atomic E-state index is 9.05. The monoisotopic (exact) mass is 352 g/mol. The van der Waals surface area contributed by atoms with Gasteiger partial charge in [0.15, 0.2) is 5.65 Å². The lowest BCUT2D eigenvalue weighted by atomic mass is 10.0. The van der Waals surface area contributed by atoms with E-state index in [1.807, 2.05) is 18.3 Å². The Labute approximate surface area is 153 Å². The molecular weight excluding hydrogens is 332 g/mol. The molecule has 0 saturated heterocycles. The van der Waals surface area contributed by atoms with Crippen LogP contribution in [0.15, 0.2) is 30.5 Å². The number of hydrogen-bond acceptors (Lipinski definition) is 3. The Kier molecular flexibility index (Phi) is 5.06. The number of hydrogen-bond donors (Lipinski definition) is 0. The summed E-state index contributed by atoms with van der Waals surface area (Å²) in [4.78, 5) is 9.51. The number of halogens is 1. The molecule has 0 spiro atoms. The maximum absolute atomic E-state index is 9.05. The zero-order valence-electron chi connectivity index (χ0n) is 14.8. The average Bonchev–Trinajstić information content (AvgIpc) is 3.02. The van der Waals surface area contributed by atoms with Crippen LogP contribution in [0.25, 0.3) is 22.3 Å². The fraction of sp³-hybridized carbons (Fsp3) is 0.350. The molecule has 2 aromatic heterocycles. The summed E-state index contributed by atoms with van der Waals surface area (Å²) >= 11 is 6.43. The molecule has 0 aliphatic rings. The number of benzene rings is 1. The van der Waals surface area contributed by atoms with Crippen molar-refractivity contribution in [1.29, 1.82) is 5.26 Å². The molecular formula is C20H21ClN4. The van der Waals surface area contributed by atoms with E-state index in [1.165, 1.54) is 0 Å². The Morgan fingerprint density at radius 3 is 2.52 bits per heavy atom. The summed E-state index contributed by atoms with van der Waals surface area (Å²) in [5.41, 5.74) is 4.17. The molecule has 1 aromatic carbocycles. The Balaban J connectivity index is 2.27. The Morgan fingerprint density at radius 1 is 1.16 bits per heavy atom. The van der Waals surface area contributed by atoms with Crippen molar-refractivity contribution in [3.63, 3.8) is 0 Å². The van der Waals surface area contributed by atoms with E-state index in [1.54, 1.807) is 12.1 Å². The topological polar surface area (TPSA) is 54.5 Å². The highest BCUT2D eigenvalue weighted by Crippen LogP contribution is 2.35. The number of aromatic nitrogens is 3. The van der Waals surface area contributed by atoms with Crippen LogP contribution in [0.5, 0.6) is 0 Å². The minimum absolute atomic E-state index is 0.388. The standard InChI is InChI=1S/C20H21ClN4/c1-4-14(5-2)25-18(6-3)24-19-16(9-10-23-20(19)25)15-8-7-13(12-22)11-17(15)21/h7-11,14H,4-6H2,1-3H3. The lowest BCUT2D eigenvalue weighted by molar-refractivity contribution is 0.466. The first kappa shape index (κ1) is 17.4. The predicted molar refractivity (Wildman–Crippen MR) is 102 cm³/mol. The first-order valence-corrected chi connectivity index (χ1v) is 9.08. The zero-order valence-corrected chi connectivity index (χ0v) is 15.5. The van der Waals surface area contributed by atoms with Crippen LogP contribution in [0.4, 0.5) is 0 Å². The molecule has 0 aliphatic heterocycles. The predicted octanol–water partition coefficient (Wildman–Crippen LogP) is 5.55. The quantitative estimate of drug-likeness (QED) is 0.605. The number of nitrogens with zero attached hydrogens (tertiary/aromatic N) is 4. The Bertz CT molecular complexity index is 948. The van der Waals surface area contributed by atoms with Gasteiger partial charge in [0, 0.05) is 34.8 Å². The summed E-state index contributed by atoms with van der Waals surface area (Å²) in [6, 6.07) is 9.82. The van der Waals surface area contributed by atoms with Crippen molar-refractivity contribution in [2.24, 2.45) is 0 Å². The van der Waals surface area contributed by atoms with Crippen LogP contribution in [0.2, 0.25) is 5.02 Å². The van der Waals surface area contributed by atoms with Gasteiger partial charge in [0.05, 0.1) is 11.6 Å². The molecule has 128 valence electrons. The normalized spacial score (nSPS) is 11.2. The highest BCUT2D eigenvalue weighted by Gasteiger charge is 2.20. The van der Waals surface area contributed by atoms with Crippen LogP contribution in [-0.4, -0.2) is 14.5 Å². The third kappa shape index (κ3) is 3.01. The maximum Gasteiger partial charge on any atom is 0.160 e. The summed E-state index contributed by atoms with van der Waals surface area (Å²) in [5, 5.41) is 9.61. The first-order valence-electron chi connectivity index (χ1n) is 8.70. The molecule has 0 fully saturated rings. The molecule has 25 heavy (non-hydrogen) atoms. The van der Waals surface area contributed by atoms with Crippen molar-refractivity contribution < 1.29 is 0 Å². The van der Waals surface area contributed by atoms with Gasteiger partial charge in [-0.15, -0.1) is 0 Å². The highest BCUT2D eigenvalue weighted by molar-refractivity contribution is 6.33. The van der Waals surface area contributed by atoms with E-state index in [4.69, 9.17) is 21.8 Å². The summed E-state index contributed by atoms with van der Waals surface area (Å²) < 4.78 is 2.27. The average molecular weight is 353 g/mol. The second kappa shape index (κ2) is 7.25. The van der Waals surface area contributed by atoms with Crippen molar-refractivity contribution in [2.75, 3.05) is 0 Å². The van der Waals surface area contributed by atoms with Gasteiger partial charge in [-0.3, -0.25) is 0 Å². The molecule has 3 rings (SSSR count). The summed E-state index contributed by atoms with van der Waals surface area (Å²) in [5.74, 6) is 1.05. The summed E-state index contributed by atoms with van der Waals surface area (Å²) in [6.45, 7) is 6.51. The Morgan fingerprint density at radius 2 is 1.92 bits per heavy atom. The van der Waals surface area contributed by atoms with Gasteiger partial charge < -0.3 is 4.57 Å². The highest BCUT2D eigenvalue weighted by atomic mass is 35.5. The summed E-state index contributed by atoms with van der Waals surface area (Å²) in [7, 11) is 0. The molecule has 0 atom stereocenters. The molecule has 0 N–H and O–H groups in total. The Hall–Kier alpha value is -2.38. The van der Waals surface area contributed by atoms with Crippen LogP contribution in [0, 0.1) is 11.3 Å². The second-order valence-electron chi connectivity index (χ2n) is 6.06. The minimum Gasteiger partial charge on any atom is -0.310 e. The third-order valence-corrected chi connectivity index (χ3v) is 4.98. The fourth-order valence-electron chi connectivity index (χ4n) is 3.34. The largest absolute Gasteiger partial charge is 0.310 e. The van der Waals surface area contributed by atoms with Gasteiger partial charge in [-0.2, -0.15) is 5.26 Å². The molecule has 4 nitrogen and oxygen atoms in total. The number of rotatable bonds is 5. The number of aryl methyl sites for hydroxylation is 1. The number of fused-ring (bicyclic) bond motifs is 1. The minimum atomic E-state index is 0.388. The van der Waals surface area contributed by atoms with Gasteiger partial charge in [0.25, 0.3) is 0 Å². The summed E-state index contributed by atoms with van der Waals surface area (Å²) in [6.07, 6.45) is 4.75. The van der Waals surface area contributed by atoms with Crippen molar-refractivity contribution in [3.8, 4) is 17.2 Å². The molecule has 0 aliphatic carbocycles. The smallest absolute Gasteiger partial charge is 0.160 e. The lowest BCUT2D eigenvalue weighted by Crippen LogP contribution is -2.11. The van der Waals surface area contributed by atoms with Gasteiger partial charge in [-0.1, -0.05) is 38.4 Å². The second-order valence-corrected chi connectivity index (χ2v) is 6.47. The van der Waals surface area contributed by atoms with Crippen LogP contribution in [-0.2, 0) is 6.42 Å². The molecule has 3 aromatic rings. The van der Waals surface area contributed by atoms with E-state index >= 15 is 0 Å². The van der Waals surface area contributed by atoms with Gasteiger partial charge in [-0.25, -0.2) is 9.97 Å². The van der Waals surface area contributed by atoms with E-state index < -0.39 is 0 Å². The molecule has 5 heteroatoms. The molecule has 0 saturated carbocycles. The van der Waals surface area contributed by atoms with Crippen LogP contribution >= 0.6 is 11.6 Å². The van der Waals surface area contributed by atoms with E-state index in [9.17, 15) is 0 Å². The van der Waals surface area contributed by atoms with Crippen LogP contribution in [0.3, 0.4) is 0 Å². The van der Waals surface area contributed by atoms with Gasteiger partial charge in [0.2, 0.25) is 0 Å². The SMILES string of the molecule is CCc1nc2c(-c3ccc(C#N)cc3Cl)ccnc2n1C(CC)CC. The van der Waals surface area contributed by atoms with Gasteiger partial charge >= 0.3 is 0 Å². The van der Waals surface area contributed by atoms with Crippen LogP contribution in [0.1, 0.15) is 51.0 Å². The van der Waals surface area contributed by atoms with Crippen molar-refractivity contribution >= 4 is 22.8 Å². The fourth-order valence-corrected chi connectivity index (χ4v) is 3.62. The van der Waals surface area contributed by atoms with Crippen LogP contribution < -0.4 is 0 Å². The first-order chi connectivity index (χ1) is 12.1. The third-order valence-electron chi connectivity index (χ3n) is 4.66. The molecule has 0 amide bonds. The van der Waals surface area contributed by atoms with Crippen molar-refractivity contribution in [3.05, 3.63) is 46.9 Å². The van der Waals surface area contributed by atoms with Gasteiger partial charge in [-0.05, 0) is 31.0 Å². The lowest BCUT2D eigenvalue weighted by Gasteiger charge is -2.17. The number of imidazole rings is 1. The molecule has 0 bridgehead atoms. The van der Waals surface area contributed by atoms with Crippen molar-refractivity contribution in [1.82, 2.24) is 14.5 Å². The molecule has 0 unspecified atom stereocenters. The van der Waals surface area contributed by atoms with E-state index in [0.29, 0.717) is 16.6 Å². The molecule has 2 heterocycles. The van der Waals surface area contributed by atoms with E-state index in [-0.39, 0.29) is 0 Å². The number of pyridine rings is 1. The zero-order chi connectivity index (χ0) is 18.0.